The normalized spacial score (nSPS) is 13.5. The van der Waals surface area contributed by atoms with Gasteiger partial charge in [-0.3, -0.25) is 4.68 Å². The Hall–Kier alpha value is -0.910. The Balaban J connectivity index is 2.48. The lowest BCUT2D eigenvalue weighted by Gasteiger charge is -2.26. The van der Waals surface area contributed by atoms with Gasteiger partial charge < -0.3 is 15.5 Å². The summed E-state index contributed by atoms with van der Waals surface area (Å²) in [4.78, 5) is 4.63. The standard InChI is InChI=1S/C13H27N5/c1-5-6-18(8-7-16(2)3)11-13(14)12-9-15-17(4)10-12/h9-10,13H,5-8,11,14H2,1-4H3. The monoisotopic (exact) mass is 253 g/mol. The van der Waals surface area contributed by atoms with E-state index in [1.165, 1.54) is 0 Å². The van der Waals surface area contributed by atoms with Gasteiger partial charge in [0.15, 0.2) is 0 Å². The first kappa shape index (κ1) is 15.1. The molecule has 0 aliphatic carbocycles. The Labute approximate surface area is 111 Å². The number of rotatable bonds is 8. The zero-order valence-corrected chi connectivity index (χ0v) is 12.1. The molecule has 0 radical (unpaired) electrons. The predicted molar refractivity (Wildman–Crippen MR) is 75.4 cm³/mol. The van der Waals surface area contributed by atoms with Crippen molar-refractivity contribution in [2.75, 3.05) is 40.3 Å². The number of aryl methyl sites for hydroxylation is 1. The predicted octanol–water partition coefficient (Wildman–Crippen LogP) is 0.694. The molecule has 18 heavy (non-hydrogen) atoms. The summed E-state index contributed by atoms with van der Waals surface area (Å²) >= 11 is 0. The Morgan fingerprint density at radius 1 is 1.33 bits per heavy atom. The van der Waals surface area contributed by atoms with E-state index in [1.807, 2.05) is 19.4 Å². The second-order valence-corrected chi connectivity index (χ2v) is 5.16. The molecule has 0 aliphatic rings. The van der Waals surface area contributed by atoms with E-state index in [0.29, 0.717) is 0 Å². The highest BCUT2D eigenvalue weighted by molar-refractivity contribution is 5.09. The van der Waals surface area contributed by atoms with Gasteiger partial charge in [-0.1, -0.05) is 6.92 Å². The van der Waals surface area contributed by atoms with Gasteiger partial charge in [0, 0.05) is 44.5 Å². The van der Waals surface area contributed by atoms with Crippen LogP contribution in [0.25, 0.3) is 0 Å². The lowest BCUT2D eigenvalue weighted by Crippen LogP contribution is -2.37. The largest absolute Gasteiger partial charge is 0.323 e. The fourth-order valence-corrected chi connectivity index (χ4v) is 1.97. The summed E-state index contributed by atoms with van der Waals surface area (Å²) in [7, 11) is 6.13. The molecular weight excluding hydrogens is 226 g/mol. The Bertz CT molecular complexity index is 334. The van der Waals surface area contributed by atoms with Crippen LogP contribution in [0.5, 0.6) is 0 Å². The minimum absolute atomic E-state index is 0.0485. The molecule has 0 amide bonds. The summed E-state index contributed by atoms with van der Waals surface area (Å²) < 4.78 is 1.80. The van der Waals surface area contributed by atoms with Crippen molar-refractivity contribution in [3.05, 3.63) is 18.0 Å². The summed E-state index contributed by atoms with van der Waals surface area (Å²) in [6, 6.07) is 0.0485. The van der Waals surface area contributed by atoms with Crippen molar-refractivity contribution in [2.45, 2.75) is 19.4 Å². The van der Waals surface area contributed by atoms with E-state index >= 15 is 0 Å². The van der Waals surface area contributed by atoms with Gasteiger partial charge in [0.05, 0.1) is 6.20 Å². The van der Waals surface area contributed by atoms with E-state index in [4.69, 9.17) is 5.73 Å². The maximum atomic E-state index is 6.24. The quantitative estimate of drug-likeness (QED) is 0.741. The molecule has 1 aromatic rings. The summed E-state index contributed by atoms with van der Waals surface area (Å²) in [5, 5.41) is 4.18. The molecule has 0 saturated heterocycles. The van der Waals surface area contributed by atoms with Gasteiger partial charge in [-0.2, -0.15) is 5.10 Å². The maximum absolute atomic E-state index is 6.24. The van der Waals surface area contributed by atoms with Gasteiger partial charge in [0.2, 0.25) is 0 Å². The van der Waals surface area contributed by atoms with Crippen molar-refractivity contribution < 1.29 is 0 Å². The molecule has 0 aromatic carbocycles. The van der Waals surface area contributed by atoms with Crippen molar-refractivity contribution in [3.63, 3.8) is 0 Å². The van der Waals surface area contributed by atoms with E-state index in [0.717, 1.165) is 38.2 Å². The highest BCUT2D eigenvalue weighted by Gasteiger charge is 2.13. The molecule has 104 valence electrons. The number of aromatic nitrogens is 2. The summed E-state index contributed by atoms with van der Waals surface area (Å²) in [6.07, 6.45) is 5.02. The fraction of sp³-hybridized carbons (Fsp3) is 0.769. The maximum Gasteiger partial charge on any atom is 0.0537 e. The third-order valence-electron chi connectivity index (χ3n) is 3.01. The highest BCUT2D eigenvalue weighted by Crippen LogP contribution is 2.10. The van der Waals surface area contributed by atoms with Gasteiger partial charge >= 0.3 is 0 Å². The first-order valence-corrected chi connectivity index (χ1v) is 6.64. The molecule has 1 atom stereocenters. The molecule has 1 rings (SSSR count). The summed E-state index contributed by atoms with van der Waals surface area (Å²) in [6.45, 7) is 6.34. The Morgan fingerprint density at radius 2 is 2.06 bits per heavy atom. The molecule has 5 heteroatoms. The fourth-order valence-electron chi connectivity index (χ4n) is 1.97. The topological polar surface area (TPSA) is 50.3 Å². The third-order valence-corrected chi connectivity index (χ3v) is 3.01. The molecule has 1 heterocycles. The minimum atomic E-state index is 0.0485. The first-order chi connectivity index (χ1) is 8.52. The highest BCUT2D eigenvalue weighted by atomic mass is 15.2. The SMILES string of the molecule is CCCN(CCN(C)C)CC(N)c1cnn(C)c1. The van der Waals surface area contributed by atoms with Crippen LogP contribution >= 0.6 is 0 Å². The molecule has 5 nitrogen and oxygen atoms in total. The van der Waals surface area contributed by atoms with Crippen molar-refractivity contribution >= 4 is 0 Å². The van der Waals surface area contributed by atoms with Crippen LogP contribution < -0.4 is 5.73 Å². The van der Waals surface area contributed by atoms with Crippen LogP contribution in [0, 0.1) is 0 Å². The average molecular weight is 253 g/mol. The summed E-state index contributed by atoms with van der Waals surface area (Å²) in [5.41, 5.74) is 7.35. The lowest BCUT2D eigenvalue weighted by molar-refractivity contribution is 0.229. The van der Waals surface area contributed by atoms with Crippen molar-refractivity contribution in [3.8, 4) is 0 Å². The van der Waals surface area contributed by atoms with Crippen LogP contribution in [0.3, 0.4) is 0 Å². The average Bonchev–Trinajstić information content (AvgIpc) is 2.73. The molecule has 0 saturated carbocycles. The minimum Gasteiger partial charge on any atom is -0.323 e. The lowest BCUT2D eigenvalue weighted by atomic mass is 10.1. The van der Waals surface area contributed by atoms with E-state index < -0.39 is 0 Å². The van der Waals surface area contributed by atoms with Gasteiger partial charge in [-0.05, 0) is 27.1 Å². The number of hydrogen-bond donors (Lipinski definition) is 1. The molecule has 0 fully saturated rings. The van der Waals surface area contributed by atoms with Crippen LogP contribution in [0.4, 0.5) is 0 Å². The second-order valence-electron chi connectivity index (χ2n) is 5.16. The molecular formula is C13H27N5. The van der Waals surface area contributed by atoms with E-state index in [1.54, 1.807) is 4.68 Å². The molecule has 0 aliphatic heterocycles. The zero-order chi connectivity index (χ0) is 13.5. The van der Waals surface area contributed by atoms with E-state index in [9.17, 15) is 0 Å². The first-order valence-electron chi connectivity index (χ1n) is 6.64. The Morgan fingerprint density at radius 3 is 2.56 bits per heavy atom. The smallest absolute Gasteiger partial charge is 0.0537 e. The number of hydrogen-bond acceptors (Lipinski definition) is 4. The van der Waals surface area contributed by atoms with E-state index in [-0.39, 0.29) is 6.04 Å². The molecule has 1 unspecified atom stereocenters. The summed E-state index contributed by atoms with van der Waals surface area (Å²) in [5.74, 6) is 0. The molecule has 0 spiro atoms. The second kappa shape index (κ2) is 7.51. The van der Waals surface area contributed by atoms with Crippen LogP contribution in [0.15, 0.2) is 12.4 Å². The zero-order valence-electron chi connectivity index (χ0n) is 12.1. The van der Waals surface area contributed by atoms with Gasteiger partial charge in [-0.25, -0.2) is 0 Å². The third kappa shape index (κ3) is 5.16. The van der Waals surface area contributed by atoms with Gasteiger partial charge in [-0.15, -0.1) is 0 Å². The van der Waals surface area contributed by atoms with Crippen molar-refractivity contribution in [1.82, 2.24) is 19.6 Å². The molecule has 0 bridgehead atoms. The van der Waals surface area contributed by atoms with Gasteiger partial charge in [0.1, 0.15) is 0 Å². The number of likely N-dealkylation sites (N-methyl/N-ethyl adjacent to an activating group) is 1. The number of nitrogens with two attached hydrogens (primary N) is 1. The number of nitrogens with zero attached hydrogens (tertiary/aromatic N) is 4. The van der Waals surface area contributed by atoms with Crippen LogP contribution in [0.1, 0.15) is 24.9 Å². The molecule has 2 N–H and O–H groups in total. The molecule has 1 aromatic heterocycles. The van der Waals surface area contributed by atoms with Crippen LogP contribution in [-0.4, -0.2) is 59.9 Å². The van der Waals surface area contributed by atoms with Crippen LogP contribution in [-0.2, 0) is 7.05 Å². The van der Waals surface area contributed by atoms with Crippen LogP contribution in [0.2, 0.25) is 0 Å². The van der Waals surface area contributed by atoms with E-state index in [2.05, 4.69) is 35.9 Å². The van der Waals surface area contributed by atoms with Crippen molar-refractivity contribution in [1.29, 1.82) is 0 Å². The van der Waals surface area contributed by atoms with Gasteiger partial charge in [0.25, 0.3) is 0 Å². The van der Waals surface area contributed by atoms with Crippen molar-refractivity contribution in [2.24, 2.45) is 12.8 Å². The Kier molecular flexibility index (Phi) is 6.32.